The second-order valence-electron chi connectivity index (χ2n) is 18.2. The van der Waals surface area contributed by atoms with Crippen LogP contribution >= 0.6 is 0 Å². The van der Waals surface area contributed by atoms with Crippen LogP contribution in [0, 0.1) is 11.3 Å². The minimum Gasteiger partial charge on any atom is -0.496 e. The van der Waals surface area contributed by atoms with Gasteiger partial charge in [0, 0.05) is 97.4 Å². The number of nitrogens with one attached hydrogen (secondary N) is 1. The van der Waals surface area contributed by atoms with Crippen LogP contribution in [-0.2, 0) is 45.8 Å². The number of carbonyl (C=O) groups excluding carboxylic acids is 3. The lowest BCUT2D eigenvalue weighted by Crippen LogP contribution is -2.80. The van der Waals surface area contributed by atoms with E-state index >= 15 is 4.79 Å². The third-order valence-corrected chi connectivity index (χ3v) is 15.4. The van der Waals surface area contributed by atoms with Crippen molar-refractivity contribution in [2.45, 2.75) is 101 Å². The number of hydrogen-bond acceptors (Lipinski definition) is 11. The smallest absolute Gasteiger partial charge is 0.322 e. The summed E-state index contributed by atoms with van der Waals surface area (Å²) in [5.74, 6) is -0.751. The number of esters is 3. The number of ether oxygens (including phenoxy) is 4. The van der Waals surface area contributed by atoms with E-state index in [9.17, 15) is 14.7 Å². The average Bonchev–Trinajstić information content (AvgIpc) is 3.92. The molecule has 2 bridgehead atoms. The molecule has 5 aliphatic heterocycles. The Morgan fingerprint density at radius 1 is 1.03 bits per heavy atom. The summed E-state index contributed by atoms with van der Waals surface area (Å²) in [6.45, 7) is 11.0. The number of aromatic nitrogens is 1. The zero-order valence-electron chi connectivity index (χ0n) is 36.1. The molecular formula is C48H60N4O8. The second-order valence-corrected chi connectivity index (χ2v) is 18.2. The van der Waals surface area contributed by atoms with Crippen molar-refractivity contribution < 1.29 is 38.4 Å². The lowest BCUT2D eigenvalue weighted by atomic mass is 9.47. The third-order valence-electron chi connectivity index (χ3n) is 15.4. The molecule has 1 aromatic heterocycles. The minimum atomic E-state index is -1.84. The Morgan fingerprint density at radius 3 is 2.55 bits per heavy atom. The summed E-state index contributed by atoms with van der Waals surface area (Å²) in [5.41, 5.74) is 2.05. The number of methoxy groups -OCH3 is 2. The van der Waals surface area contributed by atoms with Gasteiger partial charge in [-0.1, -0.05) is 62.8 Å². The number of carbonyl (C=O) groups is 3. The molecule has 3 aromatic rings. The van der Waals surface area contributed by atoms with Gasteiger partial charge in [-0.05, 0) is 67.8 Å². The summed E-state index contributed by atoms with van der Waals surface area (Å²) in [4.78, 5) is 52.3. The highest BCUT2D eigenvalue weighted by Crippen LogP contribution is 2.68. The van der Waals surface area contributed by atoms with Crippen LogP contribution in [0.3, 0.4) is 0 Å². The van der Waals surface area contributed by atoms with Crippen LogP contribution in [-0.4, -0.2) is 122 Å². The number of H-pyrrole nitrogens is 1. The molecule has 1 aliphatic carbocycles. The van der Waals surface area contributed by atoms with E-state index in [1.165, 1.54) is 19.6 Å². The lowest BCUT2D eigenvalue weighted by molar-refractivity contribution is -0.232. The van der Waals surface area contributed by atoms with Crippen LogP contribution in [0.4, 0.5) is 5.69 Å². The predicted octanol–water partition coefficient (Wildman–Crippen LogP) is 5.58. The van der Waals surface area contributed by atoms with Gasteiger partial charge in [-0.2, -0.15) is 0 Å². The monoisotopic (exact) mass is 820 g/mol. The fraction of sp³-hybridized carbons (Fsp3) is 0.562. The largest absolute Gasteiger partial charge is 0.496 e. The van der Waals surface area contributed by atoms with Crippen molar-refractivity contribution in [2.24, 2.45) is 11.3 Å². The van der Waals surface area contributed by atoms with Gasteiger partial charge < -0.3 is 33.9 Å². The van der Waals surface area contributed by atoms with Crippen molar-refractivity contribution in [3.8, 4) is 5.75 Å². The molecule has 2 fully saturated rings. The molecule has 2 aromatic carbocycles. The van der Waals surface area contributed by atoms with Crippen molar-refractivity contribution in [3.05, 3.63) is 82.6 Å². The highest BCUT2D eigenvalue weighted by Gasteiger charge is 2.78. The quantitative estimate of drug-likeness (QED) is 0.159. The lowest BCUT2D eigenvalue weighted by Gasteiger charge is -2.64. The third kappa shape index (κ3) is 5.55. The van der Waals surface area contributed by atoms with Gasteiger partial charge in [0.05, 0.1) is 20.3 Å². The van der Waals surface area contributed by atoms with Crippen molar-refractivity contribution in [1.82, 2.24) is 14.8 Å². The first kappa shape index (κ1) is 40.7. The molecule has 9 rings (SSSR count). The molecule has 2 unspecified atom stereocenters. The first-order chi connectivity index (χ1) is 28.9. The molecule has 2 N–H and O–H groups in total. The van der Waals surface area contributed by atoms with Gasteiger partial charge in [0.2, 0.25) is 0 Å². The highest BCUT2D eigenvalue weighted by atomic mass is 16.6. The molecule has 1 spiro atoms. The summed E-state index contributed by atoms with van der Waals surface area (Å²) >= 11 is 0. The average molecular weight is 821 g/mol. The standard InChI is InChI=1S/C48H60N4O8/c1-8-30-22-31-25-47(44(55)58-7,40-33(16-20-51(26-30)27-31)32-14-11-12-15-36(32)49-40)35-23-34-37(24-38(35)57-6)50(5)42-46(34)18-21-52-19-13-17-45(10-3,41(46)52)43(60-29(4)53)48(42,56)28-59-39(54)9-2/h11-15,17,22-24,31,41-43,49,56H,8-10,16,18-21,25-28H2,1-7H3/t31-,41-,42+,43+,45+,46+,47-,48?/m0/s1. The maximum atomic E-state index is 15.3. The maximum Gasteiger partial charge on any atom is 0.322 e. The Morgan fingerprint density at radius 2 is 1.83 bits per heavy atom. The molecule has 0 radical (unpaired) electrons. The minimum absolute atomic E-state index is 0.0346. The zero-order chi connectivity index (χ0) is 42.4. The normalized spacial score (nSPS) is 34.0. The van der Waals surface area contributed by atoms with Crippen LogP contribution < -0.4 is 9.64 Å². The van der Waals surface area contributed by atoms with E-state index in [1.807, 2.05) is 19.2 Å². The first-order valence-electron chi connectivity index (χ1n) is 21.9. The summed E-state index contributed by atoms with van der Waals surface area (Å²) in [6.07, 6.45) is 9.11. The number of rotatable bonds is 9. The van der Waals surface area contributed by atoms with Gasteiger partial charge >= 0.3 is 17.9 Å². The van der Waals surface area contributed by atoms with Crippen LogP contribution in [0.1, 0.15) is 82.2 Å². The van der Waals surface area contributed by atoms with E-state index in [-0.39, 0.29) is 31.0 Å². The van der Waals surface area contributed by atoms with Crippen molar-refractivity contribution in [1.29, 1.82) is 0 Å². The molecule has 1 saturated carbocycles. The fourth-order valence-corrected chi connectivity index (χ4v) is 13.3. The van der Waals surface area contributed by atoms with Gasteiger partial charge in [-0.15, -0.1) is 0 Å². The second kappa shape index (κ2) is 14.8. The number of likely N-dealkylation sites (N-methyl/N-ethyl adjacent to an activating group) is 1. The summed E-state index contributed by atoms with van der Waals surface area (Å²) in [7, 11) is 5.10. The van der Waals surface area contributed by atoms with Gasteiger partial charge in [0.15, 0.2) is 5.60 Å². The molecular weight excluding hydrogens is 761 g/mol. The van der Waals surface area contributed by atoms with E-state index in [2.05, 4.69) is 76.0 Å². The van der Waals surface area contributed by atoms with E-state index in [0.717, 1.165) is 72.4 Å². The molecule has 9 atom stereocenters. The van der Waals surface area contributed by atoms with Crippen LogP contribution in [0.2, 0.25) is 0 Å². The summed E-state index contributed by atoms with van der Waals surface area (Å²) in [6, 6.07) is 11.6. The van der Waals surface area contributed by atoms with Crippen LogP contribution in [0.15, 0.2) is 60.2 Å². The van der Waals surface area contributed by atoms with Gasteiger partial charge in [-0.3, -0.25) is 24.2 Å². The number of benzene rings is 2. The Labute approximate surface area is 352 Å². The number of hydrogen-bond donors (Lipinski definition) is 2. The predicted molar refractivity (Wildman–Crippen MR) is 228 cm³/mol. The SMILES string of the molecule is CCC(=O)OCC1(O)[C@H](OC(C)=O)[C@]2(CC)C=CCN3CC[C@@]4(c5cc([C@@]6(C(=O)OC)C[C@@H]7C=C(CC)CN(CCc8c6[nH]c6ccccc86)C7)c(OC)cc5N(C)[C@@H]14)[C@@H]32. The molecule has 1 saturated heterocycles. The number of anilines is 1. The summed E-state index contributed by atoms with van der Waals surface area (Å²) in [5, 5.41) is 14.7. The van der Waals surface area contributed by atoms with Gasteiger partial charge in [0.1, 0.15) is 23.9 Å². The van der Waals surface area contributed by atoms with Gasteiger partial charge in [-0.25, -0.2) is 0 Å². The van der Waals surface area contributed by atoms with Crippen molar-refractivity contribution >= 4 is 34.5 Å². The molecule has 60 heavy (non-hydrogen) atoms. The highest BCUT2D eigenvalue weighted by molar-refractivity contribution is 5.94. The Kier molecular flexibility index (Phi) is 10.0. The molecule has 6 heterocycles. The Bertz CT molecular complexity index is 2300. The van der Waals surface area contributed by atoms with Crippen molar-refractivity contribution in [2.75, 3.05) is 65.5 Å². The Balaban J connectivity index is 1.35. The zero-order valence-corrected chi connectivity index (χ0v) is 36.1. The number of fused-ring (bicyclic) bond motifs is 6. The molecule has 12 nitrogen and oxygen atoms in total. The maximum absolute atomic E-state index is 15.3. The fourth-order valence-electron chi connectivity index (χ4n) is 13.3. The van der Waals surface area contributed by atoms with Gasteiger partial charge in [0.25, 0.3) is 0 Å². The van der Waals surface area contributed by atoms with E-state index in [4.69, 9.17) is 18.9 Å². The summed E-state index contributed by atoms with van der Waals surface area (Å²) < 4.78 is 24.7. The molecule has 6 aliphatic rings. The number of nitrogens with zero attached hydrogens (tertiary/aromatic N) is 3. The Hall–Kier alpha value is -4.65. The van der Waals surface area contributed by atoms with E-state index < -0.39 is 45.9 Å². The van der Waals surface area contributed by atoms with E-state index in [1.54, 1.807) is 14.0 Å². The number of para-hydroxylation sites is 1. The number of aromatic amines is 1. The van der Waals surface area contributed by atoms with E-state index in [0.29, 0.717) is 37.1 Å². The topological polar surface area (TPSA) is 134 Å². The first-order valence-corrected chi connectivity index (χ1v) is 21.9. The van der Waals surface area contributed by atoms with Crippen LogP contribution in [0.25, 0.3) is 10.9 Å². The molecule has 320 valence electrons. The molecule has 0 amide bonds. The number of aliphatic hydroxyl groups is 1. The van der Waals surface area contributed by atoms with Crippen LogP contribution in [0.5, 0.6) is 5.75 Å². The van der Waals surface area contributed by atoms with Crippen molar-refractivity contribution in [3.63, 3.8) is 0 Å². The molecule has 12 heteroatoms.